The van der Waals surface area contributed by atoms with Crippen molar-refractivity contribution in [3.05, 3.63) is 0 Å². The predicted octanol–water partition coefficient (Wildman–Crippen LogP) is 2.33. The van der Waals surface area contributed by atoms with Crippen LogP contribution in [0.2, 0.25) is 0 Å². The maximum Gasteiger partial charge on any atom is 0.133 e. The van der Waals surface area contributed by atoms with E-state index < -0.39 is 0 Å². The minimum atomic E-state index is 0.339. The number of hydrogen-bond donors (Lipinski definition) is 0. The summed E-state index contributed by atoms with van der Waals surface area (Å²) in [5.41, 5.74) is 0. The lowest BCUT2D eigenvalue weighted by atomic mass is 9.91. The third-order valence-corrected chi connectivity index (χ3v) is 3.65. The summed E-state index contributed by atoms with van der Waals surface area (Å²) in [5.74, 6) is 1.43. The highest BCUT2D eigenvalue weighted by molar-refractivity contribution is 5.78. The minimum absolute atomic E-state index is 0.339. The van der Waals surface area contributed by atoms with Crippen LogP contribution in [0.25, 0.3) is 0 Å². The highest BCUT2D eigenvalue weighted by Crippen LogP contribution is 2.21. The van der Waals surface area contributed by atoms with Crippen molar-refractivity contribution in [3.8, 4) is 0 Å². The average Bonchev–Trinajstić information content (AvgIpc) is 2.16. The third-order valence-electron chi connectivity index (χ3n) is 3.65. The van der Waals surface area contributed by atoms with Crippen LogP contribution in [0.3, 0.4) is 0 Å². The van der Waals surface area contributed by atoms with Crippen LogP contribution >= 0.6 is 0 Å². The Labute approximate surface area is 87.7 Å². The van der Waals surface area contributed by atoms with E-state index in [1.165, 1.54) is 0 Å². The summed E-state index contributed by atoms with van der Waals surface area (Å²) in [6.07, 6.45) is 2.12. The van der Waals surface area contributed by atoms with Gasteiger partial charge in [0.25, 0.3) is 0 Å². The van der Waals surface area contributed by atoms with E-state index in [-0.39, 0.29) is 0 Å². The molecular formula is C12H23NO. The monoisotopic (exact) mass is 197 g/mol. The molecule has 0 spiro atoms. The Morgan fingerprint density at radius 1 is 1.21 bits per heavy atom. The quantitative estimate of drug-likeness (QED) is 0.692. The summed E-state index contributed by atoms with van der Waals surface area (Å²) in [5, 5.41) is 0. The Morgan fingerprint density at radius 2 is 1.71 bits per heavy atom. The number of hydrogen-bond acceptors (Lipinski definition) is 2. The van der Waals surface area contributed by atoms with Crippen LogP contribution in [0.4, 0.5) is 0 Å². The first-order valence-corrected chi connectivity index (χ1v) is 5.77. The molecule has 1 heterocycles. The van der Waals surface area contributed by atoms with Gasteiger partial charge in [-0.15, -0.1) is 0 Å². The number of carbonyl (C=O) groups is 1. The predicted molar refractivity (Wildman–Crippen MR) is 59.3 cm³/mol. The van der Waals surface area contributed by atoms with Crippen LogP contribution in [-0.4, -0.2) is 29.8 Å². The minimum Gasteiger partial charge on any atom is -0.300 e. The summed E-state index contributed by atoms with van der Waals surface area (Å²) in [6.45, 7) is 10.8. The molecule has 0 aliphatic carbocycles. The molecule has 1 fully saturated rings. The Morgan fingerprint density at radius 3 is 2.07 bits per heavy atom. The SMILES string of the molecule is CC(=O)C1CCN(C(C)C(C)C)CC1. The van der Waals surface area contributed by atoms with Crippen molar-refractivity contribution in [1.29, 1.82) is 0 Å². The summed E-state index contributed by atoms with van der Waals surface area (Å²) in [4.78, 5) is 13.7. The molecule has 0 saturated carbocycles. The van der Waals surface area contributed by atoms with Crippen molar-refractivity contribution >= 4 is 5.78 Å². The molecule has 0 aromatic carbocycles. The first-order valence-electron chi connectivity index (χ1n) is 5.77. The van der Waals surface area contributed by atoms with E-state index in [0.717, 1.165) is 25.9 Å². The average molecular weight is 197 g/mol. The third kappa shape index (κ3) is 2.81. The fraction of sp³-hybridized carbons (Fsp3) is 0.917. The standard InChI is InChI=1S/C12H23NO/c1-9(2)10(3)13-7-5-12(6-8-13)11(4)14/h9-10,12H,5-8H2,1-4H3. The number of nitrogens with zero attached hydrogens (tertiary/aromatic N) is 1. The van der Waals surface area contributed by atoms with Gasteiger partial charge in [0.2, 0.25) is 0 Å². The lowest BCUT2D eigenvalue weighted by Crippen LogP contribution is -2.43. The molecule has 14 heavy (non-hydrogen) atoms. The van der Waals surface area contributed by atoms with Crippen molar-refractivity contribution in [3.63, 3.8) is 0 Å². The van der Waals surface area contributed by atoms with Gasteiger partial charge < -0.3 is 4.90 Å². The van der Waals surface area contributed by atoms with E-state index >= 15 is 0 Å². The Balaban J connectivity index is 2.39. The van der Waals surface area contributed by atoms with E-state index in [4.69, 9.17) is 0 Å². The highest BCUT2D eigenvalue weighted by Gasteiger charge is 2.25. The molecule has 1 unspecified atom stereocenters. The van der Waals surface area contributed by atoms with Gasteiger partial charge in [0, 0.05) is 12.0 Å². The van der Waals surface area contributed by atoms with Crippen LogP contribution in [0.1, 0.15) is 40.5 Å². The van der Waals surface area contributed by atoms with Crippen LogP contribution in [-0.2, 0) is 4.79 Å². The molecule has 0 aromatic rings. The summed E-state index contributed by atoms with van der Waals surface area (Å²) < 4.78 is 0. The van der Waals surface area contributed by atoms with Crippen molar-refractivity contribution in [1.82, 2.24) is 4.90 Å². The molecule has 1 atom stereocenters. The zero-order chi connectivity index (χ0) is 10.7. The molecule has 0 N–H and O–H groups in total. The molecule has 0 radical (unpaired) electrons. The molecule has 2 heteroatoms. The largest absolute Gasteiger partial charge is 0.300 e. The molecular weight excluding hydrogens is 174 g/mol. The topological polar surface area (TPSA) is 20.3 Å². The maximum atomic E-state index is 11.2. The molecule has 82 valence electrons. The van der Waals surface area contributed by atoms with Gasteiger partial charge >= 0.3 is 0 Å². The summed E-state index contributed by atoms with van der Waals surface area (Å²) in [6, 6.07) is 0.655. The molecule has 0 amide bonds. The van der Waals surface area contributed by atoms with Crippen LogP contribution in [0.15, 0.2) is 0 Å². The molecule has 0 bridgehead atoms. The van der Waals surface area contributed by atoms with Crippen molar-refractivity contribution in [2.75, 3.05) is 13.1 Å². The number of Topliss-reactive ketones (excluding diaryl/α,β-unsaturated/α-hetero) is 1. The molecule has 1 aliphatic heterocycles. The van der Waals surface area contributed by atoms with Gasteiger partial charge in [0.15, 0.2) is 0 Å². The Bertz CT molecular complexity index is 192. The first kappa shape index (κ1) is 11.7. The maximum absolute atomic E-state index is 11.2. The zero-order valence-corrected chi connectivity index (χ0v) is 9.92. The van der Waals surface area contributed by atoms with E-state index in [0.29, 0.717) is 23.7 Å². The second-order valence-corrected chi connectivity index (χ2v) is 4.91. The zero-order valence-electron chi connectivity index (χ0n) is 9.92. The van der Waals surface area contributed by atoms with Crippen LogP contribution < -0.4 is 0 Å². The van der Waals surface area contributed by atoms with Crippen LogP contribution in [0.5, 0.6) is 0 Å². The summed E-state index contributed by atoms with van der Waals surface area (Å²) >= 11 is 0. The van der Waals surface area contributed by atoms with Gasteiger partial charge in [-0.3, -0.25) is 4.79 Å². The Hall–Kier alpha value is -0.370. The lowest BCUT2D eigenvalue weighted by molar-refractivity contribution is -0.122. The van der Waals surface area contributed by atoms with Crippen LogP contribution in [0, 0.1) is 11.8 Å². The fourth-order valence-electron chi connectivity index (χ4n) is 2.13. The van der Waals surface area contributed by atoms with E-state index in [2.05, 4.69) is 25.7 Å². The normalized spacial score (nSPS) is 22.6. The smallest absolute Gasteiger partial charge is 0.133 e. The molecule has 2 nitrogen and oxygen atoms in total. The number of piperidine rings is 1. The van der Waals surface area contributed by atoms with Gasteiger partial charge in [-0.1, -0.05) is 13.8 Å². The number of likely N-dealkylation sites (tertiary alicyclic amines) is 1. The Kier molecular flexibility index (Phi) is 4.11. The van der Waals surface area contributed by atoms with Gasteiger partial charge in [0.1, 0.15) is 5.78 Å². The first-order chi connectivity index (χ1) is 6.52. The lowest BCUT2D eigenvalue weighted by Gasteiger charge is -2.37. The van der Waals surface area contributed by atoms with Crippen molar-refractivity contribution in [2.24, 2.45) is 11.8 Å². The van der Waals surface area contributed by atoms with Gasteiger partial charge in [-0.25, -0.2) is 0 Å². The van der Waals surface area contributed by atoms with Crippen molar-refractivity contribution in [2.45, 2.75) is 46.6 Å². The van der Waals surface area contributed by atoms with E-state index in [1.807, 2.05) is 0 Å². The van der Waals surface area contributed by atoms with E-state index in [9.17, 15) is 4.79 Å². The molecule has 1 aliphatic rings. The summed E-state index contributed by atoms with van der Waals surface area (Å²) in [7, 11) is 0. The van der Waals surface area contributed by atoms with E-state index in [1.54, 1.807) is 6.92 Å². The number of carbonyl (C=O) groups excluding carboxylic acids is 1. The van der Waals surface area contributed by atoms with Gasteiger partial charge in [-0.05, 0) is 45.7 Å². The molecule has 1 saturated heterocycles. The van der Waals surface area contributed by atoms with Gasteiger partial charge in [0.05, 0.1) is 0 Å². The second kappa shape index (κ2) is 4.92. The number of rotatable bonds is 3. The second-order valence-electron chi connectivity index (χ2n) is 4.91. The highest BCUT2D eigenvalue weighted by atomic mass is 16.1. The fourth-order valence-corrected chi connectivity index (χ4v) is 2.13. The van der Waals surface area contributed by atoms with Crippen molar-refractivity contribution < 1.29 is 4.79 Å². The number of ketones is 1. The van der Waals surface area contributed by atoms with Gasteiger partial charge in [-0.2, -0.15) is 0 Å². The molecule has 0 aromatic heterocycles. The molecule has 1 rings (SSSR count).